The van der Waals surface area contributed by atoms with Crippen molar-refractivity contribution < 1.29 is 14.4 Å². The molecule has 1 aromatic carbocycles. The van der Waals surface area contributed by atoms with E-state index in [4.69, 9.17) is 0 Å². The lowest BCUT2D eigenvalue weighted by molar-refractivity contribution is -0.148. The van der Waals surface area contributed by atoms with Crippen molar-refractivity contribution in [3.63, 3.8) is 0 Å². The Morgan fingerprint density at radius 2 is 1.63 bits per heavy atom. The zero-order valence-electron chi connectivity index (χ0n) is 16.3. The average molecular weight is 488 g/mol. The molecule has 2 heterocycles. The average Bonchev–Trinajstić information content (AvgIpc) is 3.45. The van der Waals surface area contributed by atoms with Crippen LogP contribution in [-0.2, 0) is 14.4 Å². The van der Waals surface area contributed by atoms with Crippen LogP contribution >= 0.6 is 27.3 Å². The van der Waals surface area contributed by atoms with Crippen LogP contribution in [0.1, 0.15) is 17.7 Å². The third-order valence-corrected chi connectivity index (χ3v) is 6.76. The standard InChI is InChI=1S/C22H22BrN3O3S/c23-16-3-1-15(2-4-16)19-9-7-18(30-19)8-10-20(27)25-11-13-26(14-12-25)22(29)21(28)24-17-5-6-17/h1-4,7-10,17H,5-6,11-14H2,(H,24,28)/b10-8+. The van der Waals surface area contributed by atoms with Gasteiger partial charge in [0.05, 0.1) is 0 Å². The third kappa shape index (κ3) is 5.17. The maximum atomic E-state index is 12.5. The van der Waals surface area contributed by atoms with E-state index >= 15 is 0 Å². The first kappa shape index (κ1) is 20.8. The predicted molar refractivity (Wildman–Crippen MR) is 121 cm³/mol. The number of hydrogen-bond acceptors (Lipinski definition) is 4. The Labute approximate surface area is 187 Å². The SMILES string of the molecule is O=C(NC1CC1)C(=O)N1CCN(C(=O)/C=C/c2ccc(-c3ccc(Br)cc3)s2)CC1. The summed E-state index contributed by atoms with van der Waals surface area (Å²) in [6, 6.07) is 12.3. The largest absolute Gasteiger partial charge is 0.345 e. The molecule has 4 rings (SSSR count). The Balaban J connectivity index is 1.28. The number of carbonyl (C=O) groups is 3. The maximum absolute atomic E-state index is 12.5. The number of halogens is 1. The van der Waals surface area contributed by atoms with Gasteiger partial charge in [-0.25, -0.2) is 0 Å². The molecule has 30 heavy (non-hydrogen) atoms. The summed E-state index contributed by atoms with van der Waals surface area (Å²) in [5.74, 6) is -1.11. The van der Waals surface area contributed by atoms with E-state index in [1.165, 1.54) is 4.90 Å². The molecule has 0 atom stereocenters. The molecule has 1 saturated heterocycles. The minimum Gasteiger partial charge on any atom is -0.345 e. The first-order valence-corrected chi connectivity index (χ1v) is 11.5. The predicted octanol–water partition coefficient (Wildman–Crippen LogP) is 3.14. The smallest absolute Gasteiger partial charge is 0.312 e. The van der Waals surface area contributed by atoms with E-state index in [2.05, 4.69) is 39.4 Å². The highest BCUT2D eigenvalue weighted by Gasteiger charge is 2.31. The maximum Gasteiger partial charge on any atom is 0.312 e. The summed E-state index contributed by atoms with van der Waals surface area (Å²) in [7, 11) is 0. The minimum atomic E-state index is -0.531. The Bertz CT molecular complexity index is 974. The van der Waals surface area contributed by atoms with Gasteiger partial charge < -0.3 is 15.1 Å². The fourth-order valence-corrected chi connectivity index (χ4v) is 4.40. The van der Waals surface area contributed by atoms with Crippen LogP contribution in [0.5, 0.6) is 0 Å². The molecular formula is C22H22BrN3O3S. The number of amides is 3. The molecule has 0 unspecified atom stereocenters. The molecule has 156 valence electrons. The molecule has 1 aliphatic carbocycles. The van der Waals surface area contributed by atoms with Crippen molar-refractivity contribution in [2.45, 2.75) is 18.9 Å². The first-order chi connectivity index (χ1) is 14.5. The van der Waals surface area contributed by atoms with E-state index in [0.717, 1.165) is 32.6 Å². The highest BCUT2D eigenvalue weighted by Crippen LogP contribution is 2.29. The topological polar surface area (TPSA) is 69.7 Å². The van der Waals surface area contributed by atoms with E-state index in [9.17, 15) is 14.4 Å². The van der Waals surface area contributed by atoms with Crippen LogP contribution in [0.4, 0.5) is 0 Å². The molecule has 2 fully saturated rings. The van der Waals surface area contributed by atoms with Crippen LogP contribution in [0.15, 0.2) is 46.9 Å². The highest BCUT2D eigenvalue weighted by atomic mass is 79.9. The van der Waals surface area contributed by atoms with Crippen LogP contribution in [0, 0.1) is 0 Å². The van der Waals surface area contributed by atoms with Crippen molar-refractivity contribution in [3.05, 3.63) is 51.8 Å². The lowest BCUT2D eigenvalue weighted by atomic mass is 10.2. The number of hydrogen-bond donors (Lipinski definition) is 1. The van der Waals surface area contributed by atoms with Gasteiger partial charge in [0.1, 0.15) is 0 Å². The van der Waals surface area contributed by atoms with Crippen LogP contribution in [0.2, 0.25) is 0 Å². The van der Waals surface area contributed by atoms with Crippen LogP contribution < -0.4 is 5.32 Å². The second kappa shape index (κ2) is 9.14. The molecule has 1 aromatic heterocycles. The summed E-state index contributed by atoms with van der Waals surface area (Å²) >= 11 is 5.07. The van der Waals surface area contributed by atoms with Crippen molar-refractivity contribution in [1.82, 2.24) is 15.1 Å². The summed E-state index contributed by atoms with van der Waals surface area (Å²) in [6.07, 6.45) is 5.30. The normalized spacial score (nSPS) is 16.7. The molecule has 0 radical (unpaired) electrons. The number of piperazine rings is 1. The van der Waals surface area contributed by atoms with Gasteiger partial charge in [-0.1, -0.05) is 28.1 Å². The van der Waals surface area contributed by atoms with Gasteiger partial charge in [-0.3, -0.25) is 14.4 Å². The van der Waals surface area contributed by atoms with Gasteiger partial charge >= 0.3 is 11.8 Å². The van der Waals surface area contributed by atoms with Gasteiger partial charge in [0, 0.05) is 52.5 Å². The van der Waals surface area contributed by atoms with Crippen molar-refractivity contribution >= 4 is 51.1 Å². The van der Waals surface area contributed by atoms with E-state index < -0.39 is 11.8 Å². The summed E-state index contributed by atoms with van der Waals surface area (Å²) in [4.78, 5) is 42.0. The van der Waals surface area contributed by atoms with Crippen molar-refractivity contribution in [2.75, 3.05) is 26.2 Å². The lowest BCUT2D eigenvalue weighted by Gasteiger charge is -2.33. The summed E-state index contributed by atoms with van der Waals surface area (Å²) in [5.41, 5.74) is 1.14. The van der Waals surface area contributed by atoms with Gasteiger partial charge in [0.25, 0.3) is 0 Å². The minimum absolute atomic E-state index is 0.0804. The van der Waals surface area contributed by atoms with Gasteiger partial charge in [-0.15, -0.1) is 11.3 Å². The van der Waals surface area contributed by atoms with Gasteiger partial charge in [-0.05, 0) is 48.7 Å². The Hall–Kier alpha value is -2.45. The summed E-state index contributed by atoms with van der Waals surface area (Å²) in [5, 5.41) is 2.72. The van der Waals surface area contributed by atoms with Gasteiger partial charge in [0.15, 0.2) is 0 Å². The number of nitrogens with one attached hydrogen (secondary N) is 1. The molecule has 3 amide bonds. The zero-order valence-corrected chi connectivity index (χ0v) is 18.7. The van der Waals surface area contributed by atoms with Crippen LogP contribution in [0.25, 0.3) is 16.5 Å². The molecule has 2 aliphatic rings. The fraction of sp³-hybridized carbons (Fsp3) is 0.318. The van der Waals surface area contributed by atoms with Crippen molar-refractivity contribution in [1.29, 1.82) is 0 Å². The second-order valence-corrected chi connectivity index (χ2v) is 9.44. The molecule has 2 aromatic rings. The monoisotopic (exact) mass is 487 g/mol. The fourth-order valence-electron chi connectivity index (χ4n) is 3.22. The van der Waals surface area contributed by atoms with E-state index in [0.29, 0.717) is 26.2 Å². The highest BCUT2D eigenvalue weighted by molar-refractivity contribution is 9.10. The molecule has 6 nitrogen and oxygen atoms in total. The van der Waals surface area contributed by atoms with E-state index in [-0.39, 0.29) is 11.9 Å². The Morgan fingerprint density at radius 3 is 2.30 bits per heavy atom. The molecule has 0 bridgehead atoms. The first-order valence-electron chi connectivity index (χ1n) is 9.92. The zero-order chi connectivity index (χ0) is 21.1. The van der Waals surface area contributed by atoms with Gasteiger partial charge in [-0.2, -0.15) is 0 Å². The molecule has 1 saturated carbocycles. The third-order valence-electron chi connectivity index (χ3n) is 5.13. The second-order valence-electron chi connectivity index (χ2n) is 7.41. The molecule has 8 heteroatoms. The molecule has 1 aliphatic heterocycles. The van der Waals surface area contributed by atoms with Crippen molar-refractivity contribution in [2.24, 2.45) is 0 Å². The van der Waals surface area contributed by atoms with E-state index in [1.54, 1.807) is 22.3 Å². The molecular weight excluding hydrogens is 466 g/mol. The summed E-state index contributed by atoms with van der Waals surface area (Å²) in [6.45, 7) is 1.62. The number of carbonyl (C=O) groups excluding carboxylic acids is 3. The van der Waals surface area contributed by atoms with Crippen LogP contribution in [0.3, 0.4) is 0 Å². The number of nitrogens with zero attached hydrogens (tertiary/aromatic N) is 2. The quantitative estimate of drug-likeness (QED) is 0.531. The number of rotatable bonds is 4. The molecule has 0 spiro atoms. The van der Waals surface area contributed by atoms with Crippen molar-refractivity contribution in [3.8, 4) is 10.4 Å². The van der Waals surface area contributed by atoms with Gasteiger partial charge in [0.2, 0.25) is 5.91 Å². The number of thiophene rings is 1. The lowest BCUT2D eigenvalue weighted by Crippen LogP contribution is -2.53. The molecule has 1 N–H and O–H groups in total. The van der Waals surface area contributed by atoms with E-state index in [1.807, 2.05) is 24.3 Å². The number of benzene rings is 1. The summed E-state index contributed by atoms with van der Waals surface area (Å²) < 4.78 is 1.04. The Morgan fingerprint density at radius 1 is 0.967 bits per heavy atom. The van der Waals surface area contributed by atoms with Crippen LogP contribution in [-0.4, -0.2) is 59.7 Å². The Kier molecular flexibility index (Phi) is 6.34.